The smallest absolute Gasteiger partial charge is 0.321 e. The molecule has 28 heavy (non-hydrogen) atoms. The lowest BCUT2D eigenvalue weighted by Crippen LogP contribution is -2.45. The van der Waals surface area contributed by atoms with Crippen LogP contribution in [0, 0.1) is 5.92 Å². The Balaban J connectivity index is 1.63. The zero-order chi connectivity index (χ0) is 19.9. The zero-order valence-corrected chi connectivity index (χ0v) is 16.5. The summed E-state index contributed by atoms with van der Waals surface area (Å²) in [6.45, 7) is 3.31. The Kier molecular flexibility index (Phi) is 6.76. The number of likely N-dealkylation sites (tertiary alicyclic amines) is 1. The van der Waals surface area contributed by atoms with Gasteiger partial charge in [-0.1, -0.05) is 35.9 Å². The SMILES string of the molecule is CCOc1c(Cl)cccc1NC(=O)C1CCCN(C(=O)Nc2ccccc2)C1. The minimum Gasteiger partial charge on any atom is -0.490 e. The molecule has 148 valence electrons. The molecule has 1 fully saturated rings. The third kappa shape index (κ3) is 4.95. The second-order valence-corrected chi connectivity index (χ2v) is 7.03. The van der Waals surface area contributed by atoms with Gasteiger partial charge in [-0.2, -0.15) is 0 Å². The Labute approximate surface area is 169 Å². The number of piperidine rings is 1. The summed E-state index contributed by atoms with van der Waals surface area (Å²) in [5.41, 5.74) is 1.28. The predicted molar refractivity (Wildman–Crippen MR) is 111 cm³/mol. The topological polar surface area (TPSA) is 70.7 Å². The standard InChI is InChI=1S/C21H24ClN3O3/c1-2-28-19-17(22)11-6-12-18(19)24-20(26)15-8-7-13-25(14-15)21(27)23-16-9-4-3-5-10-16/h3-6,9-12,15H,2,7-8,13-14H2,1H3,(H,23,27)(H,24,26). The number of carbonyl (C=O) groups excluding carboxylic acids is 2. The molecule has 0 aromatic heterocycles. The maximum Gasteiger partial charge on any atom is 0.321 e. The molecule has 2 N–H and O–H groups in total. The lowest BCUT2D eigenvalue weighted by Gasteiger charge is -2.32. The van der Waals surface area contributed by atoms with E-state index in [1.165, 1.54) is 0 Å². The molecule has 1 aliphatic rings. The molecular weight excluding hydrogens is 378 g/mol. The van der Waals surface area contributed by atoms with E-state index in [0.717, 1.165) is 18.5 Å². The summed E-state index contributed by atoms with van der Waals surface area (Å²) in [7, 11) is 0. The van der Waals surface area contributed by atoms with E-state index >= 15 is 0 Å². The highest BCUT2D eigenvalue weighted by Crippen LogP contribution is 2.33. The summed E-state index contributed by atoms with van der Waals surface area (Å²) >= 11 is 6.18. The Hall–Kier alpha value is -2.73. The average Bonchev–Trinajstić information content (AvgIpc) is 2.71. The second kappa shape index (κ2) is 9.46. The molecular formula is C21H24ClN3O3. The number of halogens is 1. The molecule has 0 bridgehead atoms. The quantitative estimate of drug-likeness (QED) is 0.767. The Morgan fingerprint density at radius 1 is 1.14 bits per heavy atom. The van der Waals surface area contributed by atoms with Crippen molar-refractivity contribution in [1.29, 1.82) is 0 Å². The van der Waals surface area contributed by atoms with Crippen LogP contribution in [-0.2, 0) is 4.79 Å². The van der Waals surface area contributed by atoms with Crippen molar-refractivity contribution in [2.24, 2.45) is 5.92 Å². The number of para-hydroxylation sites is 2. The highest BCUT2D eigenvalue weighted by Gasteiger charge is 2.29. The summed E-state index contributed by atoms with van der Waals surface area (Å²) in [6, 6.07) is 14.3. The second-order valence-electron chi connectivity index (χ2n) is 6.62. The van der Waals surface area contributed by atoms with E-state index in [0.29, 0.717) is 36.2 Å². The minimum atomic E-state index is -0.288. The van der Waals surface area contributed by atoms with Gasteiger partial charge < -0.3 is 20.3 Å². The first-order chi connectivity index (χ1) is 13.6. The van der Waals surface area contributed by atoms with Gasteiger partial charge in [0.15, 0.2) is 5.75 Å². The number of hydrogen-bond acceptors (Lipinski definition) is 3. The molecule has 1 saturated heterocycles. The number of rotatable bonds is 5. The van der Waals surface area contributed by atoms with E-state index in [2.05, 4.69) is 10.6 Å². The number of ether oxygens (including phenoxy) is 1. The molecule has 0 saturated carbocycles. The van der Waals surface area contributed by atoms with Crippen molar-refractivity contribution in [1.82, 2.24) is 4.90 Å². The molecule has 6 nitrogen and oxygen atoms in total. The molecule has 2 aromatic carbocycles. The Morgan fingerprint density at radius 3 is 2.68 bits per heavy atom. The van der Waals surface area contributed by atoms with E-state index in [9.17, 15) is 9.59 Å². The highest BCUT2D eigenvalue weighted by atomic mass is 35.5. The molecule has 1 atom stereocenters. The number of hydrogen-bond donors (Lipinski definition) is 2. The van der Waals surface area contributed by atoms with E-state index in [4.69, 9.17) is 16.3 Å². The van der Waals surface area contributed by atoms with Crippen LogP contribution in [-0.4, -0.2) is 36.5 Å². The van der Waals surface area contributed by atoms with E-state index in [1.807, 2.05) is 37.3 Å². The van der Waals surface area contributed by atoms with Gasteiger partial charge in [0, 0.05) is 18.8 Å². The van der Waals surface area contributed by atoms with Gasteiger partial charge in [0.25, 0.3) is 0 Å². The number of benzene rings is 2. The van der Waals surface area contributed by atoms with E-state index < -0.39 is 0 Å². The summed E-state index contributed by atoms with van der Waals surface area (Å²) in [5.74, 6) is 0.0404. The van der Waals surface area contributed by atoms with E-state index in [1.54, 1.807) is 23.1 Å². The fraction of sp³-hybridized carbons (Fsp3) is 0.333. The Morgan fingerprint density at radius 2 is 1.93 bits per heavy atom. The number of urea groups is 1. The van der Waals surface area contributed by atoms with Crippen LogP contribution in [0.15, 0.2) is 48.5 Å². The van der Waals surface area contributed by atoms with Crippen LogP contribution >= 0.6 is 11.6 Å². The van der Waals surface area contributed by atoms with Crippen molar-refractivity contribution in [3.8, 4) is 5.75 Å². The third-order valence-electron chi connectivity index (χ3n) is 4.62. The summed E-state index contributed by atoms with van der Waals surface area (Å²) in [4.78, 5) is 27.0. The number of amides is 3. The molecule has 0 radical (unpaired) electrons. The number of nitrogens with zero attached hydrogens (tertiary/aromatic N) is 1. The van der Waals surface area contributed by atoms with Crippen LogP contribution in [0.25, 0.3) is 0 Å². The normalized spacial score (nSPS) is 16.4. The molecule has 1 heterocycles. The molecule has 1 aliphatic heterocycles. The maximum atomic E-state index is 12.8. The maximum absolute atomic E-state index is 12.8. The van der Waals surface area contributed by atoms with Gasteiger partial charge in [-0.15, -0.1) is 0 Å². The van der Waals surface area contributed by atoms with Crippen molar-refractivity contribution in [3.05, 3.63) is 53.6 Å². The van der Waals surface area contributed by atoms with Crippen molar-refractivity contribution < 1.29 is 14.3 Å². The fourth-order valence-electron chi connectivity index (χ4n) is 3.23. The molecule has 1 unspecified atom stereocenters. The molecule has 0 aliphatic carbocycles. The first-order valence-corrected chi connectivity index (χ1v) is 9.79. The van der Waals surface area contributed by atoms with Gasteiger partial charge in [0.05, 0.1) is 23.2 Å². The van der Waals surface area contributed by atoms with Crippen LogP contribution in [0.3, 0.4) is 0 Å². The average molecular weight is 402 g/mol. The van der Waals surface area contributed by atoms with Crippen molar-refractivity contribution in [2.45, 2.75) is 19.8 Å². The number of nitrogens with one attached hydrogen (secondary N) is 2. The Bertz CT molecular complexity index is 829. The largest absolute Gasteiger partial charge is 0.490 e. The first kappa shape index (κ1) is 20.0. The molecule has 7 heteroatoms. The minimum absolute atomic E-state index is 0.138. The van der Waals surface area contributed by atoms with Crippen LogP contribution < -0.4 is 15.4 Å². The highest BCUT2D eigenvalue weighted by molar-refractivity contribution is 6.32. The van der Waals surface area contributed by atoms with Crippen molar-refractivity contribution in [3.63, 3.8) is 0 Å². The van der Waals surface area contributed by atoms with Crippen LogP contribution in [0.2, 0.25) is 5.02 Å². The van der Waals surface area contributed by atoms with Gasteiger partial charge in [-0.3, -0.25) is 4.79 Å². The van der Waals surface area contributed by atoms with Crippen LogP contribution in [0.1, 0.15) is 19.8 Å². The van der Waals surface area contributed by atoms with Crippen LogP contribution in [0.5, 0.6) is 5.75 Å². The van der Waals surface area contributed by atoms with Gasteiger partial charge >= 0.3 is 6.03 Å². The van der Waals surface area contributed by atoms with Gasteiger partial charge in [-0.05, 0) is 44.0 Å². The van der Waals surface area contributed by atoms with Crippen LogP contribution in [0.4, 0.5) is 16.2 Å². The molecule has 0 spiro atoms. The van der Waals surface area contributed by atoms with E-state index in [-0.39, 0.29) is 17.9 Å². The third-order valence-corrected chi connectivity index (χ3v) is 4.92. The van der Waals surface area contributed by atoms with Crippen molar-refractivity contribution in [2.75, 3.05) is 30.3 Å². The summed E-state index contributed by atoms with van der Waals surface area (Å²) < 4.78 is 5.56. The number of anilines is 2. The summed E-state index contributed by atoms with van der Waals surface area (Å²) in [6.07, 6.45) is 1.50. The first-order valence-electron chi connectivity index (χ1n) is 9.41. The predicted octanol–water partition coefficient (Wildman–Crippen LogP) is 4.62. The lowest BCUT2D eigenvalue weighted by atomic mass is 9.97. The molecule has 3 amide bonds. The van der Waals surface area contributed by atoms with Gasteiger partial charge in [-0.25, -0.2) is 4.79 Å². The fourth-order valence-corrected chi connectivity index (χ4v) is 3.46. The van der Waals surface area contributed by atoms with Gasteiger partial charge in [0.1, 0.15) is 0 Å². The van der Waals surface area contributed by atoms with Gasteiger partial charge in [0.2, 0.25) is 5.91 Å². The zero-order valence-electron chi connectivity index (χ0n) is 15.8. The summed E-state index contributed by atoms with van der Waals surface area (Å²) in [5, 5.41) is 6.23. The lowest BCUT2D eigenvalue weighted by molar-refractivity contribution is -0.121. The molecule has 2 aromatic rings. The monoisotopic (exact) mass is 401 g/mol. The van der Waals surface area contributed by atoms with Crippen molar-refractivity contribution >= 4 is 34.9 Å². The molecule has 3 rings (SSSR count). The number of carbonyl (C=O) groups is 2.